The minimum Gasteiger partial charge on any atom is -0.357 e. The molecular weight excluding hydrogens is 293 g/mol. The molecule has 0 bridgehead atoms. The fourth-order valence-corrected chi connectivity index (χ4v) is 1.65. The molecule has 0 aromatic carbocycles. The Morgan fingerprint density at radius 2 is 2.38 bits per heavy atom. The zero-order valence-corrected chi connectivity index (χ0v) is 10.3. The summed E-state index contributed by atoms with van der Waals surface area (Å²) in [7, 11) is 0. The Balaban J connectivity index is 2.21. The van der Waals surface area contributed by atoms with Gasteiger partial charge in [-0.25, -0.2) is 4.98 Å². The summed E-state index contributed by atoms with van der Waals surface area (Å²) in [6.07, 6.45) is 3.24. The number of carbonyl (C=O) groups excluding carboxylic acids is 1. The molecule has 0 saturated carbocycles. The summed E-state index contributed by atoms with van der Waals surface area (Å²) in [5.74, 6) is -0.258. The molecule has 0 aliphatic carbocycles. The first kappa shape index (κ1) is 11.2. The predicted octanol–water partition coefficient (Wildman–Crippen LogP) is 3.08. The molecular formula is C10H7BrClN3O. The zero-order chi connectivity index (χ0) is 11.5. The molecule has 2 rings (SSSR count). The Hall–Kier alpha value is -1.33. The van der Waals surface area contributed by atoms with Crippen LogP contribution in [0.3, 0.4) is 0 Å². The minimum absolute atomic E-state index is 0.253. The van der Waals surface area contributed by atoms with E-state index in [0.717, 1.165) is 4.47 Å². The topological polar surface area (TPSA) is 57.8 Å². The van der Waals surface area contributed by atoms with E-state index in [1.54, 1.807) is 30.6 Å². The van der Waals surface area contributed by atoms with Crippen molar-refractivity contribution in [3.63, 3.8) is 0 Å². The van der Waals surface area contributed by atoms with Crippen molar-refractivity contribution in [2.45, 2.75) is 0 Å². The van der Waals surface area contributed by atoms with Gasteiger partial charge in [-0.1, -0.05) is 11.6 Å². The number of hydrogen-bond donors (Lipinski definition) is 2. The number of nitrogens with zero attached hydrogens (tertiary/aromatic N) is 1. The largest absolute Gasteiger partial charge is 0.357 e. The number of aromatic nitrogens is 2. The number of nitrogens with one attached hydrogen (secondary N) is 2. The molecule has 2 aromatic heterocycles. The average molecular weight is 301 g/mol. The van der Waals surface area contributed by atoms with Crippen LogP contribution >= 0.6 is 27.5 Å². The van der Waals surface area contributed by atoms with Crippen molar-refractivity contribution in [1.29, 1.82) is 0 Å². The van der Waals surface area contributed by atoms with Gasteiger partial charge in [-0.05, 0) is 34.1 Å². The first-order valence-electron chi connectivity index (χ1n) is 4.42. The highest BCUT2D eigenvalue weighted by Crippen LogP contribution is 2.23. The molecule has 0 saturated heterocycles. The third kappa shape index (κ3) is 2.43. The van der Waals surface area contributed by atoms with Gasteiger partial charge in [0.15, 0.2) is 5.15 Å². The van der Waals surface area contributed by atoms with Gasteiger partial charge in [0.1, 0.15) is 5.69 Å². The number of rotatable bonds is 2. The number of amides is 1. The maximum absolute atomic E-state index is 11.7. The lowest BCUT2D eigenvalue weighted by atomic mass is 10.3. The van der Waals surface area contributed by atoms with Gasteiger partial charge in [0.05, 0.1) is 5.69 Å². The number of carbonyl (C=O) groups is 1. The Morgan fingerprint density at radius 1 is 1.56 bits per heavy atom. The van der Waals surface area contributed by atoms with Crippen molar-refractivity contribution in [1.82, 2.24) is 9.97 Å². The number of aromatic amines is 1. The third-order valence-electron chi connectivity index (χ3n) is 1.90. The van der Waals surface area contributed by atoms with Crippen molar-refractivity contribution in [3.8, 4) is 0 Å². The van der Waals surface area contributed by atoms with Crippen LogP contribution in [0.25, 0.3) is 0 Å². The van der Waals surface area contributed by atoms with Crippen LogP contribution in [-0.4, -0.2) is 15.9 Å². The van der Waals surface area contributed by atoms with E-state index in [0.29, 0.717) is 11.4 Å². The zero-order valence-electron chi connectivity index (χ0n) is 8.00. The van der Waals surface area contributed by atoms with E-state index >= 15 is 0 Å². The van der Waals surface area contributed by atoms with E-state index < -0.39 is 0 Å². The summed E-state index contributed by atoms with van der Waals surface area (Å²) < 4.78 is 0.749. The fraction of sp³-hybridized carbons (Fsp3) is 0. The van der Waals surface area contributed by atoms with E-state index in [-0.39, 0.29) is 11.1 Å². The number of halogens is 2. The Kier molecular flexibility index (Phi) is 3.26. The molecule has 4 nitrogen and oxygen atoms in total. The molecule has 16 heavy (non-hydrogen) atoms. The molecule has 0 aliphatic rings. The molecule has 0 spiro atoms. The Morgan fingerprint density at radius 3 is 3.06 bits per heavy atom. The number of pyridine rings is 1. The minimum atomic E-state index is -0.258. The molecule has 6 heteroatoms. The highest BCUT2D eigenvalue weighted by molar-refractivity contribution is 9.10. The highest BCUT2D eigenvalue weighted by atomic mass is 79.9. The van der Waals surface area contributed by atoms with Gasteiger partial charge in [-0.3, -0.25) is 4.79 Å². The van der Waals surface area contributed by atoms with Crippen LogP contribution in [-0.2, 0) is 0 Å². The van der Waals surface area contributed by atoms with Gasteiger partial charge in [-0.2, -0.15) is 0 Å². The third-order valence-corrected chi connectivity index (χ3v) is 2.63. The Bertz CT molecular complexity index is 513. The van der Waals surface area contributed by atoms with Gasteiger partial charge >= 0.3 is 0 Å². The summed E-state index contributed by atoms with van der Waals surface area (Å²) in [6, 6.07) is 5.11. The molecule has 2 aromatic rings. The Labute approximate surface area is 105 Å². The first-order chi connectivity index (χ1) is 7.66. The predicted molar refractivity (Wildman–Crippen MR) is 65.7 cm³/mol. The SMILES string of the molecule is O=C(Nc1cc(Br)cnc1Cl)c1ccc[nH]1. The molecule has 0 radical (unpaired) electrons. The summed E-state index contributed by atoms with van der Waals surface area (Å²) in [4.78, 5) is 18.4. The molecule has 0 fully saturated rings. The summed E-state index contributed by atoms with van der Waals surface area (Å²) in [6.45, 7) is 0. The van der Waals surface area contributed by atoms with Gasteiger partial charge in [0, 0.05) is 16.9 Å². The summed E-state index contributed by atoms with van der Waals surface area (Å²) in [5, 5.41) is 2.91. The van der Waals surface area contributed by atoms with Crippen LogP contribution in [0.5, 0.6) is 0 Å². The van der Waals surface area contributed by atoms with Crippen molar-refractivity contribution in [2.24, 2.45) is 0 Å². The second-order valence-electron chi connectivity index (χ2n) is 3.03. The van der Waals surface area contributed by atoms with Gasteiger partial charge in [0.25, 0.3) is 5.91 Å². The molecule has 1 amide bonds. The molecule has 2 N–H and O–H groups in total. The molecule has 82 valence electrons. The van der Waals surface area contributed by atoms with E-state index in [1.165, 1.54) is 0 Å². The lowest BCUT2D eigenvalue weighted by Crippen LogP contribution is -2.12. The quantitative estimate of drug-likeness (QED) is 0.837. The molecule has 0 atom stereocenters. The lowest BCUT2D eigenvalue weighted by molar-refractivity contribution is 0.102. The van der Waals surface area contributed by atoms with Crippen molar-refractivity contribution in [2.75, 3.05) is 5.32 Å². The van der Waals surface area contributed by atoms with Crippen LogP contribution in [0, 0.1) is 0 Å². The van der Waals surface area contributed by atoms with Crippen LogP contribution in [0.15, 0.2) is 35.1 Å². The van der Waals surface area contributed by atoms with Crippen molar-refractivity contribution in [3.05, 3.63) is 45.9 Å². The van der Waals surface area contributed by atoms with E-state index in [4.69, 9.17) is 11.6 Å². The molecule has 0 unspecified atom stereocenters. The highest BCUT2D eigenvalue weighted by Gasteiger charge is 2.09. The maximum Gasteiger partial charge on any atom is 0.272 e. The molecule has 2 heterocycles. The monoisotopic (exact) mass is 299 g/mol. The standard InChI is InChI=1S/C10H7BrClN3O/c11-6-4-8(9(12)14-5-6)15-10(16)7-2-1-3-13-7/h1-5,13H,(H,15,16). The van der Waals surface area contributed by atoms with Crippen LogP contribution in [0.1, 0.15) is 10.5 Å². The number of hydrogen-bond acceptors (Lipinski definition) is 2. The normalized spacial score (nSPS) is 10.1. The van der Waals surface area contributed by atoms with Gasteiger partial charge < -0.3 is 10.3 Å². The second-order valence-corrected chi connectivity index (χ2v) is 4.30. The summed E-state index contributed by atoms with van der Waals surface area (Å²) in [5.41, 5.74) is 0.937. The number of H-pyrrole nitrogens is 1. The van der Waals surface area contributed by atoms with Gasteiger partial charge in [0.2, 0.25) is 0 Å². The van der Waals surface area contributed by atoms with Crippen LogP contribution in [0.4, 0.5) is 5.69 Å². The van der Waals surface area contributed by atoms with E-state index in [1.807, 2.05) is 0 Å². The fourth-order valence-electron chi connectivity index (χ4n) is 1.17. The molecule has 0 aliphatic heterocycles. The summed E-state index contributed by atoms with van der Waals surface area (Å²) >= 11 is 9.10. The maximum atomic E-state index is 11.7. The van der Waals surface area contributed by atoms with Gasteiger partial charge in [-0.15, -0.1) is 0 Å². The number of anilines is 1. The van der Waals surface area contributed by atoms with E-state index in [2.05, 4.69) is 31.2 Å². The van der Waals surface area contributed by atoms with Crippen molar-refractivity contribution < 1.29 is 4.79 Å². The van der Waals surface area contributed by atoms with Crippen LogP contribution < -0.4 is 5.32 Å². The first-order valence-corrected chi connectivity index (χ1v) is 5.59. The van der Waals surface area contributed by atoms with Crippen molar-refractivity contribution >= 4 is 39.1 Å². The average Bonchev–Trinajstić information content (AvgIpc) is 2.76. The van der Waals surface area contributed by atoms with Crippen LogP contribution in [0.2, 0.25) is 5.15 Å². The lowest BCUT2D eigenvalue weighted by Gasteiger charge is -2.05. The second kappa shape index (κ2) is 4.67. The smallest absolute Gasteiger partial charge is 0.272 e. The van der Waals surface area contributed by atoms with E-state index in [9.17, 15) is 4.79 Å².